The number of hydrogen-bond acceptors (Lipinski definition) is 5. The zero-order valence-electron chi connectivity index (χ0n) is 13.3. The van der Waals surface area contributed by atoms with Crippen molar-refractivity contribution in [2.75, 3.05) is 0 Å². The largest absolute Gasteiger partial charge is 0.453 e. The molecule has 0 bridgehead atoms. The first-order valence-electron chi connectivity index (χ1n) is 7.56. The van der Waals surface area contributed by atoms with Crippen molar-refractivity contribution in [2.24, 2.45) is 0 Å². The van der Waals surface area contributed by atoms with E-state index in [0.29, 0.717) is 22.3 Å². The third-order valence-corrected chi connectivity index (χ3v) is 3.88. The summed E-state index contributed by atoms with van der Waals surface area (Å²) in [4.78, 5) is 36.1. The second-order valence-electron chi connectivity index (χ2n) is 5.56. The Hall–Kier alpha value is -2.95. The normalized spacial score (nSPS) is 18.8. The average molecular weight is 324 g/mol. The van der Waals surface area contributed by atoms with E-state index < -0.39 is 24.1 Å². The first kappa shape index (κ1) is 15.9. The molecule has 0 radical (unpaired) electrons. The van der Waals surface area contributed by atoms with Crippen molar-refractivity contribution >= 4 is 17.7 Å². The van der Waals surface area contributed by atoms with Gasteiger partial charge in [0.1, 0.15) is 0 Å². The van der Waals surface area contributed by atoms with E-state index in [1.165, 1.54) is 13.8 Å². The van der Waals surface area contributed by atoms with Crippen LogP contribution >= 0.6 is 0 Å². The number of rotatable bonds is 2. The lowest BCUT2D eigenvalue weighted by molar-refractivity contribution is -0.166. The predicted octanol–water partition coefficient (Wildman–Crippen LogP) is 3.14. The second kappa shape index (κ2) is 6.28. The predicted molar refractivity (Wildman–Crippen MR) is 85.3 cm³/mol. The molecule has 0 N–H and O–H groups in total. The first-order chi connectivity index (χ1) is 11.5. The molecule has 0 heterocycles. The highest BCUT2D eigenvalue weighted by Crippen LogP contribution is 2.42. The van der Waals surface area contributed by atoms with E-state index in [0.717, 1.165) is 0 Å². The molecular formula is C19H16O5. The van der Waals surface area contributed by atoms with Crippen LogP contribution in [0.2, 0.25) is 0 Å². The molecule has 0 amide bonds. The monoisotopic (exact) mass is 324 g/mol. The minimum Gasteiger partial charge on any atom is -0.453 e. The molecule has 0 fully saturated rings. The minimum absolute atomic E-state index is 0.187. The number of ketones is 1. The van der Waals surface area contributed by atoms with Gasteiger partial charge in [-0.05, 0) is 0 Å². The molecule has 2 aromatic rings. The van der Waals surface area contributed by atoms with Gasteiger partial charge in [0.25, 0.3) is 0 Å². The number of benzene rings is 2. The molecule has 0 aliphatic heterocycles. The van der Waals surface area contributed by atoms with Crippen LogP contribution in [0.1, 0.15) is 53.1 Å². The average Bonchev–Trinajstić information content (AvgIpc) is 2.64. The Bertz CT molecular complexity index is 757. The summed E-state index contributed by atoms with van der Waals surface area (Å²) in [5.41, 5.74) is 1.93. The van der Waals surface area contributed by atoms with Gasteiger partial charge in [-0.1, -0.05) is 48.5 Å². The molecule has 122 valence electrons. The van der Waals surface area contributed by atoms with E-state index in [1.807, 2.05) is 0 Å². The number of fused-ring (bicyclic) bond motifs is 2. The number of esters is 2. The van der Waals surface area contributed by atoms with Gasteiger partial charge in [-0.2, -0.15) is 0 Å². The fraction of sp³-hybridized carbons (Fsp3) is 0.211. The second-order valence-corrected chi connectivity index (χ2v) is 5.56. The SMILES string of the molecule is CC(=O)OC1c2ccccc2C(=O)c2ccccc2C1OC(C)=O. The van der Waals surface area contributed by atoms with Gasteiger partial charge >= 0.3 is 11.9 Å². The zero-order chi connectivity index (χ0) is 17.3. The molecule has 5 nitrogen and oxygen atoms in total. The Morgan fingerprint density at radius 2 is 1.12 bits per heavy atom. The van der Waals surface area contributed by atoms with Crippen LogP contribution in [0.4, 0.5) is 0 Å². The van der Waals surface area contributed by atoms with Crippen molar-refractivity contribution in [2.45, 2.75) is 26.1 Å². The summed E-state index contributed by atoms with van der Waals surface area (Å²) in [6.45, 7) is 2.57. The molecule has 5 heteroatoms. The van der Waals surface area contributed by atoms with Crippen molar-refractivity contribution in [3.05, 3.63) is 70.8 Å². The van der Waals surface area contributed by atoms with Gasteiger partial charge in [-0.25, -0.2) is 0 Å². The highest BCUT2D eigenvalue weighted by atomic mass is 16.6. The minimum atomic E-state index is -0.879. The molecular weight excluding hydrogens is 308 g/mol. The van der Waals surface area contributed by atoms with E-state index in [-0.39, 0.29) is 5.78 Å². The Morgan fingerprint density at radius 3 is 1.50 bits per heavy atom. The maximum atomic E-state index is 12.9. The highest BCUT2D eigenvalue weighted by molar-refractivity contribution is 6.11. The lowest BCUT2D eigenvalue weighted by Crippen LogP contribution is -2.21. The first-order valence-corrected chi connectivity index (χ1v) is 7.56. The molecule has 0 spiro atoms. The van der Waals surface area contributed by atoms with Gasteiger partial charge in [0.2, 0.25) is 0 Å². The zero-order valence-corrected chi connectivity index (χ0v) is 13.3. The highest BCUT2D eigenvalue weighted by Gasteiger charge is 2.38. The molecule has 3 rings (SSSR count). The number of ether oxygens (including phenoxy) is 2. The fourth-order valence-electron chi connectivity index (χ4n) is 2.98. The molecule has 24 heavy (non-hydrogen) atoms. The molecule has 0 aromatic heterocycles. The van der Waals surface area contributed by atoms with Gasteiger partial charge in [0.05, 0.1) is 0 Å². The van der Waals surface area contributed by atoms with Crippen LogP contribution in [0, 0.1) is 0 Å². The Labute approximate surface area is 139 Å². The van der Waals surface area contributed by atoms with Gasteiger partial charge in [-0.15, -0.1) is 0 Å². The van der Waals surface area contributed by atoms with Crippen LogP contribution in [0.25, 0.3) is 0 Å². The summed E-state index contributed by atoms with van der Waals surface area (Å²) in [5, 5.41) is 0. The van der Waals surface area contributed by atoms with Crippen molar-refractivity contribution < 1.29 is 23.9 Å². The summed E-state index contributed by atoms with van der Waals surface area (Å²) >= 11 is 0. The fourth-order valence-corrected chi connectivity index (χ4v) is 2.98. The van der Waals surface area contributed by atoms with Crippen LogP contribution in [0.3, 0.4) is 0 Å². The summed E-state index contributed by atoms with van der Waals surface area (Å²) in [7, 11) is 0. The van der Waals surface area contributed by atoms with Crippen molar-refractivity contribution in [1.82, 2.24) is 0 Å². The molecule has 1 aliphatic rings. The van der Waals surface area contributed by atoms with E-state index in [2.05, 4.69) is 0 Å². The summed E-state index contributed by atoms with van der Waals surface area (Å²) in [5.74, 6) is -1.22. The molecule has 2 unspecified atom stereocenters. The van der Waals surface area contributed by atoms with E-state index >= 15 is 0 Å². The molecule has 2 atom stereocenters. The van der Waals surface area contributed by atoms with Crippen LogP contribution in [-0.4, -0.2) is 17.7 Å². The summed E-state index contributed by atoms with van der Waals surface area (Å²) in [6, 6.07) is 13.8. The lowest BCUT2D eigenvalue weighted by atomic mass is 9.98. The van der Waals surface area contributed by atoms with Gasteiger partial charge in [-0.3, -0.25) is 14.4 Å². The number of hydrogen-bond donors (Lipinski definition) is 0. The standard InChI is InChI=1S/C19H16O5/c1-11(20)23-18-15-9-5-3-7-13(15)17(22)14-8-4-6-10-16(14)19(18)24-12(2)21/h3-10,18-19H,1-2H3. The number of carbonyl (C=O) groups is 3. The third-order valence-electron chi connectivity index (χ3n) is 3.88. The van der Waals surface area contributed by atoms with E-state index in [1.54, 1.807) is 48.5 Å². The van der Waals surface area contributed by atoms with Crippen molar-refractivity contribution in [3.8, 4) is 0 Å². The van der Waals surface area contributed by atoms with Crippen LogP contribution < -0.4 is 0 Å². The Balaban J connectivity index is 2.27. The van der Waals surface area contributed by atoms with Crippen LogP contribution in [0.5, 0.6) is 0 Å². The van der Waals surface area contributed by atoms with E-state index in [9.17, 15) is 14.4 Å². The van der Waals surface area contributed by atoms with E-state index in [4.69, 9.17) is 9.47 Å². The smallest absolute Gasteiger partial charge is 0.303 e. The van der Waals surface area contributed by atoms with Crippen molar-refractivity contribution in [3.63, 3.8) is 0 Å². The maximum Gasteiger partial charge on any atom is 0.303 e. The Morgan fingerprint density at radius 1 is 0.750 bits per heavy atom. The van der Waals surface area contributed by atoms with Crippen molar-refractivity contribution in [1.29, 1.82) is 0 Å². The van der Waals surface area contributed by atoms with Crippen LogP contribution in [0.15, 0.2) is 48.5 Å². The van der Waals surface area contributed by atoms with Gasteiger partial charge in [0.15, 0.2) is 18.0 Å². The molecule has 0 saturated carbocycles. The molecule has 1 aliphatic carbocycles. The lowest BCUT2D eigenvalue weighted by Gasteiger charge is -2.26. The van der Waals surface area contributed by atoms with Gasteiger partial charge in [0, 0.05) is 36.1 Å². The summed E-state index contributed by atoms with van der Waals surface area (Å²) < 4.78 is 10.9. The number of carbonyl (C=O) groups excluding carboxylic acids is 3. The quantitative estimate of drug-likeness (QED) is 0.794. The Kier molecular flexibility index (Phi) is 4.16. The van der Waals surface area contributed by atoms with Gasteiger partial charge < -0.3 is 9.47 Å². The summed E-state index contributed by atoms with van der Waals surface area (Å²) in [6.07, 6.45) is -1.76. The molecule has 0 saturated heterocycles. The van der Waals surface area contributed by atoms with Crippen LogP contribution in [-0.2, 0) is 19.1 Å². The topological polar surface area (TPSA) is 69.7 Å². The molecule has 2 aromatic carbocycles. The third kappa shape index (κ3) is 2.80. The maximum absolute atomic E-state index is 12.9.